The summed E-state index contributed by atoms with van der Waals surface area (Å²) in [4.78, 5) is 42.1. The minimum Gasteiger partial charge on any atom is -0.393 e. The molecule has 144 valence electrons. The molecule has 0 saturated carbocycles. The van der Waals surface area contributed by atoms with Gasteiger partial charge in [0.25, 0.3) is 11.8 Å². The first-order valence-corrected chi connectivity index (χ1v) is 9.54. The number of fused-ring (bicyclic) bond motifs is 1. The van der Waals surface area contributed by atoms with Gasteiger partial charge in [-0.1, -0.05) is 42.5 Å². The lowest BCUT2D eigenvalue weighted by Gasteiger charge is -2.35. The number of aliphatic hydroxyl groups excluding tert-OH is 1. The number of carbonyl (C=O) groups is 3. The van der Waals surface area contributed by atoms with E-state index in [0.29, 0.717) is 37.1 Å². The summed E-state index contributed by atoms with van der Waals surface area (Å²) in [5.41, 5.74) is 1.56. The Morgan fingerprint density at radius 2 is 1.46 bits per heavy atom. The number of piperidine rings is 1. The highest BCUT2D eigenvalue weighted by atomic mass is 16.3. The molecule has 0 unspecified atom stereocenters. The van der Waals surface area contributed by atoms with Gasteiger partial charge in [-0.3, -0.25) is 19.3 Å². The van der Waals surface area contributed by atoms with Gasteiger partial charge in [-0.25, -0.2) is 0 Å². The number of rotatable bonds is 4. The number of benzene rings is 2. The average molecular weight is 378 g/mol. The zero-order valence-corrected chi connectivity index (χ0v) is 15.5. The SMILES string of the molecule is O=C([C@H](Cc1ccccc1)N1C(=O)c2ccccc2C1=O)N1CCC(O)CC1. The van der Waals surface area contributed by atoms with Crippen molar-refractivity contribution in [3.63, 3.8) is 0 Å². The average Bonchev–Trinajstić information content (AvgIpc) is 2.98. The summed E-state index contributed by atoms with van der Waals surface area (Å²) in [5.74, 6) is -1.09. The molecule has 0 spiro atoms. The molecule has 2 aromatic rings. The highest BCUT2D eigenvalue weighted by Crippen LogP contribution is 2.27. The number of carbonyl (C=O) groups excluding carboxylic acids is 3. The molecule has 2 aromatic carbocycles. The molecule has 2 aliphatic rings. The van der Waals surface area contributed by atoms with E-state index in [2.05, 4.69) is 0 Å². The number of amides is 3. The fourth-order valence-corrected chi connectivity index (χ4v) is 3.91. The molecule has 1 atom stereocenters. The fraction of sp³-hybridized carbons (Fsp3) is 0.318. The van der Waals surface area contributed by atoms with Crippen LogP contribution in [0.1, 0.15) is 39.1 Å². The van der Waals surface area contributed by atoms with Crippen LogP contribution in [0.25, 0.3) is 0 Å². The summed E-state index contributed by atoms with van der Waals surface area (Å²) < 4.78 is 0. The maximum Gasteiger partial charge on any atom is 0.262 e. The van der Waals surface area contributed by atoms with E-state index in [1.165, 1.54) is 0 Å². The smallest absolute Gasteiger partial charge is 0.262 e. The lowest BCUT2D eigenvalue weighted by atomic mass is 10.0. The molecule has 1 N–H and O–H groups in total. The van der Waals surface area contributed by atoms with E-state index in [1.807, 2.05) is 30.3 Å². The zero-order valence-electron chi connectivity index (χ0n) is 15.5. The Bertz CT molecular complexity index is 869. The number of nitrogens with zero attached hydrogens (tertiary/aromatic N) is 2. The van der Waals surface area contributed by atoms with Gasteiger partial charge in [0.2, 0.25) is 5.91 Å². The second-order valence-electron chi connectivity index (χ2n) is 7.29. The number of hydrogen-bond acceptors (Lipinski definition) is 4. The molecule has 0 aromatic heterocycles. The van der Waals surface area contributed by atoms with E-state index in [4.69, 9.17) is 0 Å². The third-order valence-electron chi connectivity index (χ3n) is 5.47. The topological polar surface area (TPSA) is 77.9 Å². The molecule has 1 fully saturated rings. The minimum absolute atomic E-state index is 0.245. The van der Waals surface area contributed by atoms with E-state index >= 15 is 0 Å². The first-order chi connectivity index (χ1) is 13.6. The van der Waals surface area contributed by atoms with Crippen molar-refractivity contribution in [3.05, 3.63) is 71.3 Å². The van der Waals surface area contributed by atoms with Crippen molar-refractivity contribution in [1.82, 2.24) is 9.80 Å². The van der Waals surface area contributed by atoms with Crippen LogP contribution in [0.2, 0.25) is 0 Å². The highest BCUT2D eigenvalue weighted by Gasteiger charge is 2.44. The van der Waals surface area contributed by atoms with Crippen molar-refractivity contribution >= 4 is 17.7 Å². The molecule has 1 saturated heterocycles. The number of hydrogen-bond donors (Lipinski definition) is 1. The van der Waals surface area contributed by atoms with Crippen molar-refractivity contribution in [3.8, 4) is 0 Å². The van der Waals surface area contributed by atoms with E-state index in [0.717, 1.165) is 10.5 Å². The van der Waals surface area contributed by atoms with Gasteiger partial charge in [-0.15, -0.1) is 0 Å². The summed E-state index contributed by atoms with van der Waals surface area (Å²) in [6.07, 6.45) is 0.873. The molecular formula is C22H22N2O4. The van der Waals surface area contributed by atoms with Crippen LogP contribution in [0.3, 0.4) is 0 Å². The van der Waals surface area contributed by atoms with Gasteiger partial charge < -0.3 is 10.0 Å². The molecule has 28 heavy (non-hydrogen) atoms. The molecular weight excluding hydrogens is 356 g/mol. The molecule has 0 radical (unpaired) electrons. The first-order valence-electron chi connectivity index (χ1n) is 9.54. The molecule has 2 aliphatic heterocycles. The Morgan fingerprint density at radius 1 is 0.929 bits per heavy atom. The van der Waals surface area contributed by atoms with Crippen molar-refractivity contribution < 1.29 is 19.5 Å². The van der Waals surface area contributed by atoms with Crippen molar-refractivity contribution in [1.29, 1.82) is 0 Å². The minimum atomic E-state index is -0.898. The lowest BCUT2D eigenvalue weighted by Crippen LogP contribution is -2.54. The predicted octanol–water partition coefficient (Wildman–Crippen LogP) is 1.88. The number of likely N-dealkylation sites (tertiary alicyclic amines) is 1. The fourth-order valence-electron chi connectivity index (χ4n) is 3.91. The maximum atomic E-state index is 13.3. The molecule has 6 heteroatoms. The molecule has 0 bridgehead atoms. The summed E-state index contributed by atoms with van der Waals surface area (Å²) >= 11 is 0. The standard InChI is InChI=1S/C22H22N2O4/c25-16-10-12-23(13-11-16)22(28)19(14-15-6-2-1-3-7-15)24-20(26)17-8-4-5-9-18(17)21(24)27/h1-9,16,19,25H,10-14H2/t19-/m0/s1. The molecule has 0 aliphatic carbocycles. The van der Waals surface area contributed by atoms with Gasteiger partial charge in [-0.05, 0) is 30.5 Å². The normalized spacial score (nSPS) is 18.3. The van der Waals surface area contributed by atoms with Gasteiger partial charge in [0.05, 0.1) is 17.2 Å². The van der Waals surface area contributed by atoms with Crippen molar-refractivity contribution in [2.24, 2.45) is 0 Å². The van der Waals surface area contributed by atoms with Gasteiger partial charge >= 0.3 is 0 Å². The van der Waals surface area contributed by atoms with E-state index in [-0.39, 0.29) is 12.3 Å². The Balaban J connectivity index is 1.66. The third-order valence-corrected chi connectivity index (χ3v) is 5.47. The quantitative estimate of drug-likeness (QED) is 0.824. The third kappa shape index (κ3) is 3.31. The summed E-state index contributed by atoms with van der Waals surface area (Å²) in [6.45, 7) is 0.850. The van der Waals surface area contributed by atoms with Crippen LogP contribution in [0.15, 0.2) is 54.6 Å². The highest BCUT2D eigenvalue weighted by molar-refractivity contribution is 6.22. The van der Waals surface area contributed by atoms with E-state index in [9.17, 15) is 19.5 Å². The first kappa shape index (κ1) is 18.4. The van der Waals surface area contributed by atoms with Gasteiger partial charge in [-0.2, -0.15) is 0 Å². The van der Waals surface area contributed by atoms with Crippen molar-refractivity contribution in [2.75, 3.05) is 13.1 Å². The van der Waals surface area contributed by atoms with E-state index < -0.39 is 24.0 Å². The summed E-state index contributed by atoms with van der Waals surface area (Å²) in [5, 5.41) is 9.74. The molecule has 4 rings (SSSR count). The van der Waals surface area contributed by atoms with Crippen LogP contribution < -0.4 is 0 Å². The van der Waals surface area contributed by atoms with Crippen LogP contribution in [0, 0.1) is 0 Å². The number of imide groups is 1. The second kappa shape index (κ2) is 7.56. The monoisotopic (exact) mass is 378 g/mol. The molecule has 2 heterocycles. The van der Waals surface area contributed by atoms with Crippen molar-refractivity contribution in [2.45, 2.75) is 31.4 Å². The van der Waals surface area contributed by atoms with Crippen LogP contribution in [-0.2, 0) is 11.2 Å². The zero-order chi connectivity index (χ0) is 19.7. The maximum absolute atomic E-state index is 13.3. The van der Waals surface area contributed by atoms with Crippen LogP contribution in [0.4, 0.5) is 0 Å². The van der Waals surface area contributed by atoms with Crippen LogP contribution >= 0.6 is 0 Å². The van der Waals surface area contributed by atoms with Gasteiger partial charge in [0.1, 0.15) is 6.04 Å². The van der Waals surface area contributed by atoms with Gasteiger partial charge in [0.15, 0.2) is 0 Å². The Hall–Kier alpha value is -2.99. The second-order valence-corrected chi connectivity index (χ2v) is 7.29. The van der Waals surface area contributed by atoms with Gasteiger partial charge in [0, 0.05) is 19.5 Å². The summed E-state index contributed by atoms with van der Waals surface area (Å²) in [6, 6.07) is 15.2. The van der Waals surface area contributed by atoms with E-state index in [1.54, 1.807) is 29.2 Å². The van der Waals surface area contributed by atoms with Crippen LogP contribution in [-0.4, -0.2) is 57.9 Å². The lowest BCUT2D eigenvalue weighted by molar-refractivity contribution is -0.137. The largest absolute Gasteiger partial charge is 0.393 e. The molecule has 3 amide bonds. The predicted molar refractivity (Wildman–Crippen MR) is 103 cm³/mol. The Labute approximate surface area is 163 Å². The summed E-state index contributed by atoms with van der Waals surface area (Å²) in [7, 11) is 0. The number of aliphatic hydroxyl groups is 1. The van der Waals surface area contributed by atoms with Crippen LogP contribution in [0.5, 0.6) is 0 Å². The molecule has 6 nitrogen and oxygen atoms in total. The Kier molecular flexibility index (Phi) is 4.96. The Morgan fingerprint density at radius 3 is 2.04 bits per heavy atom.